The molecule has 6 heteroatoms. The molecule has 0 saturated heterocycles. The molecule has 1 aromatic heterocycles. The quantitative estimate of drug-likeness (QED) is 0.638. The fourth-order valence-electron chi connectivity index (χ4n) is 1.21. The molecule has 0 aliphatic rings. The van der Waals surface area contributed by atoms with Gasteiger partial charge in [0.05, 0.1) is 6.61 Å². The second-order valence-corrected chi connectivity index (χ2v) is 4.19. The highest BCUT2D eigenvalue weighted by Crippen LogP contribution is 2.11. The fraction of sp³-hybridized carbons (Fsp3) is 0.800. The molecule has 1 aromatic rings. The maximum atomic E-state index is 4.93. The van der Waals surface area contributed by atoms with Crippen LogP contribution in [0.15, 0.2) is 0 Å². The smallest absolute Gasteiger partial charge is 0.202 e. The predicted octanol–water partition coefficient (Wildman–Crippen LogP) is 1.14. The highest BCUT2D eigenvalue weighted by molar-refractivity contribution is 7.09. The van der Waals surface area contributed by atoms with Crippen molar-refractivity contribution in [3.05, 3.63) is 5.82 Å². The maximum Gasteiger partial charge on any atom is 0.202 e. The lowest BCUT2D eigenvalue weighted by atomic mass is 10.3. The van der Waals surface area contributed by atoms with Crippen LogP contribution in [0.5, 0.6) is 0 Å². The van der Waals surface area contributed by atoms with Crippen LogP contribution >= 0.6 is 11.5 Å². The molecule has 1 rings (SSSR count). The van der Waals surface area contributed by atoms with Crippen molar-refractivity contribution in [2.24, 2.45) is 0 Å². The minimum Gasteiger partial charge on any atom is -0.383 e. The van der Waals surface area contributed by atoms with Crippen LogP contribution in [0, 0.1) is 0 Å². The standard InChI is InChI=1S/C10H20N4OS/c1-3-4-9-13-10(16-14-9)12-6-5-11-7-8-15-2/h11H,3-8H2,1-2H3,(H,12,13,14). The highest BCUT2D eigenvalue weighted by Gasteiger charge is 2.01. The number of nitrogens with one attached hydrogen (secondary N) is 2. The lowest BCUT2D eigenvalue weighted by Gasteiger charge is -2.03. The molecule has 1 heterocycles. The van der Waals surface area contributed by atoms with Crippen LogP contribution in [0.2, 0.25) is 0 Å². The Morgan fingerprint density at radius 3 is 2.94 bits per heavy atom. The summed E-state index contributed by atoms with van der Waals surface area (Å²) in [6.45, 7) is 5.54. The Labute approximate surface area is 101 Å². The van der Waals surface area contributed by atoms with Gasteiger partial charge in [0.2, 0.25) is 5.13 Å². The summed E-state index contributed by atoms with van der Waals surface area (Å²) < 4.78 is 9.20. The molecule has 5 nitrogen and oxygen atoms in total. The summed E-state index contributed by atoms with van der Waals surface area (Å²) in [5.41, 5.74) is 0. The second-order valence-electron chi connectivity index (χ2n) is 3.44. The van der Waals surface area contributed by atoms with Crippen LogP contribution in [0.3, 0.4) is 0 Å². The molecule has 0 bridgehead atoms. The number of hydrogen-bond donors (Lipinski definition) is 2. The van der Waals surface area contributed by atoms with Crippen LogP contribution in [-0.2, 0) is 11.2 Å². The topological polar surface area (TPSA) is 59.1 Å². The second kappa shape index (κ2) is 8.43. The lowest BCUT2D eigenvalue weighted by Crippen LogP contribution is -2.25. The van der Waals surface area contributed by atoms with Crippen molar-refractivity contribution in [1.29, 1.82) is 0 Å². The molecule has 0 radical (unpaired) electrons. The molecule has 0 fully saturated rings. The van der Waals surface area contributed by atoms with Gasteiger partial charge in [-0.25, -0.2) is 4.98 Å². The molecule has 0 aliphatic carbocycles. The monoisotopic (exact) mass is 244 g/mol. The molecule has 0 spiro atoms. The third-order valence-electron chi connectivity index (χ3n) is 2.00. The van der Waals surface area contributed by atoms with Gasteiger partial charge in [-0.2, -0.15) is 4.37 Å². The zero-order valence-electron chi connectivity index (χ0n) is 9.95. The zero-order chi connectivity index (χ0) is 11.6. The van der Waals surface area contributed by atoms with Gasteiger partial charge in [-0.3, -0.25) is 0 Å². The average Bonchev–Trinajstić information content (AvgIpc) is 2.72. The normalized spacial score (nSPS) is 10.6. The van der Waals surface area contributed by atoms with E-state index in [0.717, 1.165) is 50.0 Å². The first-order valence-electron chi connectivity index (χ1n) is 5.63. The Hall–Kier alpha value is -0.720. The van der Waals surface area contributed by atoms with E-state index in [1.54, 1.807) is 7.11 Å². The van der Waals surface area contributed by atoms with Gasteiger partial charge in [0.1, 0.15) is 5.82 Å². The van der Waals surface area contributed by atoms with E-state index in [1.807, 2.05) is 0 Å². The number of methoxy groups -OCH3 is 1. The van der Waals surface area contributed by atoms with Crippen LogP contribution in [0.25, 0.3) is 0 Å². The maximum absolute atomic E-state index is 4.93. The van der Waals surface area contributed by atoms with Crippen molar-refractivity contribution < 1.29 is 4.74 Å². The molecule has 2 N–H and O–H groups in total. The molecule has 0 saturated carbocycles. The third kappa shape index (κ3) is 5.39. The molecule has 0 aromatic carbocycles. The molecule has 16 heavy (non-hydrogen) atoms. The van der Waals surface area contributed by atoms with E-state index in [0.29, 0.717) is 0 Å². The first kappa shape index (κ1) is 13.3. The average molecular weight is 244 g/mol. The van der Waals surface area contributed by atoms with Gasteiger partial charge in [-0.05, 0) is 6.42 Å². The molecular formula is C10H20N4OS. The van der Waals surface area contributed by atoms with Crippen molar-refractivity contribution in [1.82, 2.24) is 14.7 Å². The minimum absolute atomic E-state index is 0.749. The summed E-state index contributed by atoms with van der Waals surface area (Å²) in [4.78, 5) is 4.38. The van der Waals surface area contributed by atoms with Gasteiger partial charge in [-0.15, -0.1) is 0 Å². The molecule has 0 amide bonds. The molecule has 0 atom stereocenters. The minimum atomic E-state index is 0.749. The van der Waals surface area contributed by atoms with Crippen LogP contribution < -0.4 is 10.6 Å². The van der Waals surface area contributed by atoms with Crippen LogP contribution in [0.4, 0.5) is 5.13 Å². The van der Waals surface area contributed by atoms with E-state index in [-0.39, 0.29) is 0 Å². The van der Waals surface area contributed by atoms with Gasteiger partial charge < -0.3 is 15.4 Å². The van der Waals surface area contributed by atoms with E-state index < -0.39 is 0 Å². The zero-order valence-corrected chi connectivity index (χ0v) is 10.8. The Bertz CT molecular complexity index is 280. The molecule has 0 aliphatic heterocycles. The molecule has 92 valence electrons. The number of aromatic nitrogens is 2. The molecular weight excluding hydrogens is 224 g/mol. The van der Waals surface area contributed by atoms with Crippen LogP contribution in [0.1, 0.15) is 19.2 Å². The summed E-state index contributed by atoms with van der Waals surface area (Å²) in [6.07, 6.45) is 2.05. The largest absolute Gasteiger partial charge is 0.383 e. The van der Waals surface area contributed by atoms with Gasteiger partial charge in [0, 0.05) is 44.7 Å². The summed E-state index contributed by atoms with van der Waals surface area (Å²) in [5, 5.41) is 7.41. The van der Waals surface area contributed by atoms with Gasteiger partial charge in [-0.1, -0.05) is 6.92 Å². The van der Waals surface area contributed by atoms with E-state index in [1.165, 1.54) is 11.5 Å². The fourth-order valence-corrected chi connectivity index (χ4v) is 1.84. The van der Waals surface area contributed by atoms with E-state index >= 15 is 0 Å². The lowest BCUT2D eigenvalue weighted by molar-refractivity contribution is 0.200. The number of anilines is 1. The summed E-state index contributed by atoms with van der Waals surface area (Å²) >= 11 is 1.43. The predicted molar refractivity (Wildman–Crippen MR) is 67.1 cm³/mol. The number of aryl methyl sites for hydroxylation is 1. The van der Waals surface area contributed by atoms with Gasteiger partial charge in [0.15, 0.2) is 0 Å². The van der Waals surface area contributed by atoms with Gasteiger partial charge in [0.25, 0.3) is 0 Å². The van der Waals surface area contributed by atoms with Gasteiger partial charge >= 0.3 is 0 Å². The number of nitrogens with zero attached hydrogens (tertiary/aromatic N) is 2. The highest BCUT2D eigenvalue weighted by atomic mass is 32.1. The molecule has 0 unspecified atom stereocenters. The summed E-state index contributed by atoms with van der Waals surface area (Å²) in [7, 11) is 1.70. The summed E-state index contributed by atoms with van der Waals surface area (Å²) in [6, 6.07) is 0. The van der Waals surface area contributed by atoms with E-state index in [4.69, 9.17) is 4.74 Å². The Morgan fingerprint density at radius 1 is 1.31 bits per heavy atom. The van der Waals surface area contributed by atoms with E-state index in [9.17, 15) is 0 Å². The number of ether oxygens (including phenoxy) is 1. The van der Waals surface area contributed by atoms with Crippen molar-refractivity contribution >= 4 is 16.7 Å². The van der Waals surface area contributed by atoms with Crippen molar-refractivity contribution in [3.63, 3.8) is 0 Å². The summed E-state index contributed by atoms with van der Waals surface area (Å²) in [5.74, 6) is 0.947. The first-order valence-corrected chi connectivity index (χ1v) is 6.40. The van der Waals surface area contributed by atoms with Crippen molar-refractivity contribution in [2.75, 3.05) is 38.7 Å². The van der Waals surface area contributed by atoms with E-state index in [2.05, 4.69) is 26.9 Å². The Balaban J connectivity index is 2.07. The first-order chi connectivity index (χ1) is 7.86. The Kier molecular flexibility index (Phi) is 7.03. The number of hydrogen-bond acceptors (Lipinski definition) is 6. The van der Waals surface area contributed by atoms with Crippen molar-refractivity contribution in [3.8, 4) is 0 Å². The number of rotatable bonds is 9. The SMILES string of the molecule is CCCc1nsc(NCCNCCOC)n1. The van der Waals surface area contributed by atoms with Crippen molar-refractivity contribution in [2.45, 2.75) is 19.8 Å². The third-order valence-corrected chi connectivity index (χ3v) is 2.71. The van der Waals surface area contributed by atoms with Crippen LogP contribution in [-0.4, -0.2) is 42.7 Å². The Morgan fingerprint density at radius 2 is 2.19 bits per heavy atom.